The zero-order chi connectivity index (χ0) is 18.9. The first-order chi connectivity index (χ1) is 13.8. The first-order valence-corrected chi connectivity index (χ1v) is 9.75. The van der Waals surface area contributed by atoms with Crippen molar-refractivity contribution in [2.45, 2.75) is 26.4 Å². The van der Waals surface area contributed by atoms with E-state index in [1.165, 1.54) is 16.7 Å². The van der Waals surface area contributed by atoms with Crippen molar-refractivity contribution >= 4 is 11.3 Å². The first kappa shape index (κ1) is 17.0. The lowest BCUT2D eigenvalue weighted by molar-refractivity contribution is 0.624. The summed E-state index contributed by atoms with van der Waals surface area (Å²) in [7, 11) is 0. The minimum Gasteiger partial charge on any atom is -0.366 e. The number of nitrogens with zero attached hydrogens (tertiary/aromatic N) is 3. The topological polar surface area (TPSA) is 54.2 Å². The number of rotatable bonds is 4. The summed E-state index contributed by atoms with van der Waals surface area (Å²) in [6, 6.07) is 18.9. The number of hydrogen-bond donors (Lipinski definition) is 2. The molecule has 0 aliphatic carbocycles. The molecule has 0 amide bonds. The molecule has 5 rings (SSSR count). The monoisotopic (exact) mass is 369 g/mol. The number of benzene rings is 1. The Labute approximate surface area is 164 Å². The highest BCUT2D eigenvalue weighted by atomic mass is 15.1. The Kier molecular flexibility index (Phi) is 4.29. The molecule has 28 heavy (non-hydrogen) atoms. The molecular weight excluding hydrogens is 346 g/mol. The Morgan fingerprint density at radius 1 is 1.07 bits per heavy atom. The van der Waals surface area contributed by atoms with Crippen molar-refractivity contribution in [3.05, 3.63) is 83.2 Å². The average Bonchev–Trinajstić information content (AvgIpc) is 3.08. The van der Waals surface area contributed by atoms with E-state index >= 15 is 0 Å². The fourth-order valence-corrected chi connectivity index (χ4v) is 3.94. The van der Waals surface area contributed by atoms with Gasteiger partial charge in [0.1, 0.15) is 5.82 Å². The van der Waals surface area contributed by atoms with Crippen LogP contribution in [0.2, 0.25) is 0 Å². The van der Waals surface area contributed by atoms with E-state index in [0.717, 1.165) is 54.6 Å². The van der Waals surface area contributed by atoms with Gasteiger partial charge < -0.3 is 15.0 Å². The molecular formula is C23H23N5. The van der Waals surface area contributed by atoms with Crippen LogP contribution in [-0.4, -0.2) is 20.9 Å². The van der Waals surface area contributed by atoms with E-state index < -0.39 is 0 Å². The number of hydrogen-bond acceptors (Lipinski definition) is 4. The number of aryl methyl sites for hydroxylation is 1. The smallest absolute Gasteiger partial charge is 0.179 e. The molecule has 5 heteroatoms. The number of pyridine rings is 1. The number of aromatic nitrogens is 3. The lowest BCUT2D eigenvalue weighted by Gasteiger charge is -2.21. The molecule has 4 heterocycles. The van der Waals surface area contributed by atoms with Gasteiger partial charge >= 0.3 is 0 Å². The maximum Gasteiger partial charge on any atom is 0.179 e. The third-order valence-corrected chi connectivity index (χ3v) is 5.32. The van der Waals surface area contributed by atoms with Crippen molar-refractivity contribution < 1.29 is 0 Å². The van der Waals surface area contributed by atoms with Crippen LogP contribution in [0.25, 0.3) is 17.0 Å². The van der Waals surface area contributed by atoms with E-state index in [2.05, 4.69) is 70.6 Å². The van der Waals surface area contributed by atoms with Crippen molar-refractivity contribution in [1.82, 2.24) is 19.7 Å². The Hall–Kier alpha value is -3.18. The molecule has 3 aromatic heterocycles. The fourth-order valence-electron chi connectivity index (χ4n) is 3.94. The average molecular weight is 369 g/mol. The van der Waals surface area contributed by atoms with Crippen molar-refractivity contribution in [2.75, 3.05) is 11.9 Å². The standard InChI is InChI=1S/C23H23N5/c1-16-13-18-9-5-6-12-28(18)21(16)23-26-20-15-24-11-10-19(20)22(27-23)25-14-17-7-3-2-4-8-17/h2-9,12-13,24H,10-11,14-15H2,1H3,(H,25,26,27). The van der Waals surface area contributed by atoms with E-state index in [0.29, 0.717) is 0 Å². The molecule has 0 atom stereocenters. The van der Waals surface area contributed by atoms with Gasteiger partial charge in [-0.15, -0.1) is 0 Å². The number of nitrogens with one attached hydrogen (secondary N) is 2. The number of anilines is 1. The minimum absolute atomic E-state index is 0.755. The van der Waals surface area contributed by atoms with Gasteiger partial charge in [-0.3, -0.25) is 0 Å². The van der Waals surface area contributed by atoms with Crippen molar-refractivity contribution in [1.29, 1.82) is 0 Å². The highest BCUT2D eigenvalue weighted by Crippen LogP contribution is 2.29. The third kappa shape index (κ3) is 3.04. The van der Waals surface area contributed by atoms with E-state index in [1.807, 2.05) is 12.1 Å². The summed E-state index contributed by atoms with van der Waals surface area (Å²) in [6.45, 7) is 4.63. The quantitative estimate of drug-likeness (QED) is 0.572. The van der Waals surface area contributed by atoms with Gasteiger partial charge in [-0.1, -0.05) is 36.4 Å². The van der Waals surface area contributed by atoms with Crippen molar-refractivity contribution in [2.24, 2.45) is 0 Å². The van der Waals surface area contributed by atoms with Crippen molar-refractivity contribution in [3.8, 4) is 11.5 Å². The lowest BCUT2D eigenvalue weighted by Crippen LogP contribution is -2.26. The van der Waals surface area contributed by atoms with Crippen LogP contribution in [0.5, 0.6) is 0 Å². The molecule has 0 saturated carbocycles. The summed E-state index contributed by atoms with van der Waals surface area (Å²) in [5.74, 6) is 1.73. The Bertz CT molecular complexity index is 1130. The molecule has 4 aromatic rings. The third-order valence-electron chi connectivity index (χ3n) is 5.32. The van der Waals surface area contributed by atoms with Crippen LogP contribution >= 0.6 is 0 Å². The van der Waals surface area contributed by atoms with Crippen LogP contribution in [0.4, 0.5) is 5.82 Å². The lowest BCUT2D eigenvalue weighted by atomic mass is 10.1. The predicted octanol–water partition coefficient (Wildman–Crippen LogP) is 3.96. The van der Waals surface area contributed by atoms with Gasteiger partial charge in [0.25, 0.3) is 0 Å². The van der Waals surface area contributed by atoms with Gasteiger partial charge in [0.2, 0.25) is 0 Å². The van der Waals surface area contributed by atoms with Gasteiger partial charge in [-0.25, -0.2) is 9.97 Å². The summed E-state index contributed by atoms with van der Waals surface area (Å²) < 4.78 is 2.17. The molecule has 0 fully saturated rings. The fraction of sp³-hybridized carbons (Fsp3) is 0.217. The van der Waals surface area contributed by atoms with E-state index in [4.69, 9.17) is 9.97 Å². The van der Waals surface area contributed by atoms with Crippen LogP contribution in [0.15, 0.2) is 60.8 Å². The van der Waals surface area contributed by atoms with Crippen LogP contribution in [-0.2, 0) is 19.5 Å². The summed E-state index contributed by atoms with van der Waals surface area (Å²) in [5.41, 5.74) is 6.98. The van der Waals surface area contributed by atoms with E-state index in [1.54, 1.807) is 0 Å². The predicted molar refractivity (Wildman–Crippen MR) is 112 cm³/mol. The van der Waals surface area contributed by atoms with Gasteiger partial charge in [-0.2, -0.15) is 0 Å². The zero-order valence-electron chi connectivity index (χ0n) is 15.9. The number of fused-ring (bicyclic) bond motifs is 2. The van der Waals surface area contributed by atoms with Gasteiger partial charge in [0, 0.05) is 30.4 Å². The van der Waals surface area contributed by atoms with Gasteiger partial charge in [-0.05, 0) is 49.2 Å². The first-order valence-electron chi connectivity index (χ1n) is 9.75. The van der Waals surface area contributed by atoms with Crippen LogP contribution < -0.4 is 10.6 Å². The van der Waals surface area contributed by atoms with Gasteiger partial charge in [0.05, 0.1) is 11.4 Å². The molecule has 0 radical (unpaired) electrons. The molecule has 0 bridgehead atoms. The summed E-state index contributed by atoms with van der Waals surface area (Å²) >= 11 is 0. The molecule has 1 aliphatic rings. The molecule has 1 aromatic carbocycles. The van der Waals surface area contributed by atoms with E-state index in [9.17, 15) is 0 Å². The highest BCUT2D eigenvalue weighted by Gasteiger charge is 2.20. The maximum atomic E-state index is 4.98. The molecule has 0 unspecified atom stereocenters. The molecule has 2 N–H and O–H groups in total. The molecule has 5 nitrogen and oxygen atoms in total. The summed E-state index contributed by atoms with van der Waals surface area (Å²) in [5, 5.41) is 7.01. The summed E-state index contributed by atoms with van der Waals surface area (Å²) in [4.78, 5) is 9.93. The second-order valence-electron chi connectivity index (χ2n) is 7.26. The highest BCUT2D eigenvalue weighted by molar-refractivity contribution is 5.68. The Balaban J connectivity index is 1.60. The molecule has 0 spiro atoms. The van der Waals surface area contributed by atoms with Crippen molar-refractivity contribution in [3.63, 3.8) is 0 Å². The second kappa shape index (κ2) is 7.09. The Morgan fingerprint density at radius 3 is 2.82 bits per heavy atom. The molecule has 0 saturated heterocycles. The van der Waals surface area contributed by atoms with E-state index in [-0.39, 0.29) is 0 Å². The Morgan fingerprint density at radius 2 is 1.93 bits per heavy atom. The minimum atomic E-state index is 0.755. The molecule has 140 valence electrons. The van der Waals surface area contributed by atoms with Gasteiger partial charge in [0.15, 0.2) is 5.82 Å². The zero-order valence-corrected chi connectivity index (χ0v) is 15.9. The summed E-state index contributed by atoms with van der Waals surface area (Å²) in [6.07, 6.45) is 3.02. The SMILES string of the molecule is Cc1cc2ccccn2c1-c1nc2c(c(NCc3ccccc3)n1)CCNC2. The largest absolute Gasteiger partial charge is 0.366 e. The van der Waals surface area contributed by atoms with Crippen LogP contribution in [0.1, 0.15) is 22.4 Å². The maximum absolute atomic E-state index is 4.98. The van der Waals surface area contributed by atoms with Crippen LogP contribution in [0, 0.1) is 6.92 Å². The normalized spacial score (nSPS) is 13.5. The molecule has 1 aliphatic heterocycles. The van der Waals surface area contributed by atoms with Crippen LogP contribution in [0.3, 0.4) is 0 Å². The second-order valence-corrected chi connectivity index (χ2v) is 7.26.